The van der Waals surface area contributed by atoms with Crippen LogP contribution in [0.4, 0.5) is 0 Å². The van der Waals surface area contributed by atoms with E-state index in [4.69, 9.17) is 4.74 Å². The van der Waals surface area contributed by atoms with Gasteiger partial charge in [0.25, 0.3) is 0 Å². The normalized spacial score (nSPS) is 10.8. The largest absolute Gasteiger partial charge is 0.497 e. The van der Waals surface area contributed by atoms with Crippen molar-refractivity contribution in [2.24, 2.45) is 0 Å². The minimum absolute atomic E-state index is 0. The number of benzene rings is 1. The molecule has 0 bridgehead atoms. The van der Waals surface area contributed by atoms with Crippen molar-refractivity contribution in [3.8, 4) is 5.75 Å². The molecule has 0 unspecified atom stereocenters. The van der Waals surface area contributed by atoms with E-state index in [1.165, 1.54) is 5.56 Å². The molecule has 0 amide bonds. The highest BCUT2D eigenvalue weighted by Gasteiger charge is 2.10. The maximum Gasteiger partial charge on any atom is 0.118 e. The molecule has 0 spiro atoms. The molecule has 1 aromatic rings. The van der Waals surface area contributed by atoms with Crippen LogP contribution in [-0.4, -0.2) is 24.4 Å². The molecule has 1 aromatic carbocycles. The molecule has 0 heterocycles. The second kappa shape index (κ2) is 7.54. The second-order valence-electron chi connectivity index (χ2n) is 4.59. The molecular formula is C13H22ClNO2. The Balaban J connectivity index is 0.00000256. The van der Waals surface area contributed by atoms with E-state index in [9.17, 15) is 5.11 Å². The summed E-state index contributed by atoms with van der Waals surface area (Å²) in [4.78, 5) is 0. The van der Waals surface area contributed by atoms with Crippen LogP contribution < -0.4 is 10.1 Å². The van der Waals surface area contributed by atoms with Gasteiger partial charge in [-0.25, -0.2) is 0 Å². The van der Waals surface area contributed by atoms with Crippen molar-refractivity contribution in [3.05, 3.63) is 29.8 Å². The van der Waals surface area contributed by atoms with E-state index in [1.807, 2.05) is 38.1 Å². The molecule has 3 nitrogen and oxygen atoms in total. The van der Waals surface area contributed by atoms with E-state index >= 15 is 0 Å². The highest BCUT2D eigenvalue weighted by atomic mass is 35.5. The van der Waals surface area contributed by atoms with Crippen LogP contribution in [0.5, 0.6) is 5.75 Å². The Morgan fingerprint density at radius 1 is 1.24 bits per heavy atom. The smallest absolute Gasteiger partial charge is 0.118 e. The van der Waals surface area contributed by atoms with Crippen molar-refractivity contribution in [1.82, 2.24) is 5.32 Å². The third-order valence-electron chi connectivity index (χ3n) is 2.40. The van der Waals surface area contributed by atoms with Crippen molar-refractivity contribution in [3.63, 3.8) is 0 Å². The maximum absolute atomic E-state index is 9.53. The lowest BCUT2D eigenvalue weighted by Gasteiger charge is -2.17. The fourth-order valence-corrected chi connectivity index (χ4v) is 1.37. The summed E-state index contributed by atoms with van der Waals surface area (Å²) in [5, 5.41) is 12.8. The molecule has 0 atom stereocenters. The predicted octanol–water partition coefficient (Wildman–Crippen LogP) is 2.37. The van der Waals surface area contributed by atoms with Crippen LogP contribution in [0.1, 0.15) is 25.8 Å². The van der Waals surface area contributed by atoms with Crippen LogP contribution in [-0.2, 0) is 6.54 Å². The molecule has 1 rings (SSSR count). The summed E-state index contributed by atoms with van der Waals surface area (Å²) in [7, 11) is 1.66. The van der Waals surface area contributed by atoms with E-state index in [0.29, 0.717) is 0 Å². The fourth-order valence-electron chi connectivity index (χ4n) is 1.37. The number of rotatable bonds is 6. The second-order valence-corrected chi connectivity index (χ2v) is 4.59. The zero-order valence-corrected chi connectivity index (χ0v) is 11.5. The number of hydrogen-bond acceptors (Lipinski definition) is 3. The van der Waals surface area contributed by atoms with Crippen LogP contribution in [0.3, 0.4) is 0 Å². The van der Waals surface area contributed by atoms with Gasteiger partial charge in [0.2, 0.25) is 0 Å². The van der Waals surface area contributed by atoms with Gasteiger partial charge in [0, 0.05) is 6.54 Å². The Bertz CT molecular complexity index is 306. The first-order chi connectivity index (χ1) is 7.51. The molecule has 17 heavy (non-hydrogen) atoms. The summed E-state index contributed by atoms with van der Waals surface area (Å²) >= 11 is 0. The average molecular weight is 260 g/mol. The number of ether oxygens (including phenoxy) is 1. The first-order valence-corrected chi connectivity index (χ1v) is 5.57. The molecule has 0 aliphatic heterocycles. The van der Waals surface area contributed by atoms with Gasteiger partial charge in [-0.15, -0.1) is 12.4 Å². The molecule has 0 fully saturated rings. The molecule has 0 saturated heterocycles. The monoisotopic (exact) mass is 259 g/mol. The van der Waals surface area contributed by atoms with Crippen LogP contribution >= 0.6 is 12.4 Å². The Morgan fingerprint density at radius 2 is 1.82 bits per heavy atom. The summed E-state index contributed by atoms with van der Waals surface area (Å²) in [6.07, 6.45) is 0.753. The van der Waals surface area contributed by atoms with Crippen molar-refractivity contribution in [2.75, 3.05) is 13.7 Å². The summed E-state index contributed by atoms with van der Waals surface area (Å²) in [6.45, 7) is 5.28. The number of aliphatic hydroxyl groups is 1. The maximum atomic E-state index is 9.53. The van der Waals surface area contributed by atoms with Crippen molar-refractivity contribution >= 4 is 12.4 Å². The predicted molar refractivity (Wildman–Crippen MR) is 72.9 cm³/mol. The van der Waals surface area contributed by atoms with Gasteiger partial charge in [0.15, 0.2) is 0 Å². The minimum atomic E-state index is -0.590. The Hall–Kier alpha value is -0.770. The Labute approximate surface area is 110 Å². The van der Waals surface area contributed by atoms with Gasteiger partial charge >= 0.3 is 0 Å². The summed E-state index contributed by atoms with van der Waals surface area (Å²) in [5.74, 6) is 0.875. The van der Waals surface area contributed by atoms with Gasteiger partial charge in [-0.2, -0.15) is 0 Å². The lowest BCUT2D eigenvalue weighted by molar-refractivity contribution is 0.0711. The zero-order chi connectivity index (χ0) is 12.0. The molecule has 4 heteroatoms. The van der Waals surface area contributed by atoms with Gasteiger partial charge < -0.3 is 15.2 Å². The Kier molecular flexibility index (Phi) is 7.19. The third kappa shape index (κ3) is 7.21. The van der Waals surface area contributed by atoms with Crippen LogP contribution in [0.15, 0.2) is 24.3 Å². The van der Waals surface area contributed by atoms with E-state index < -0.39 is 5.60 Å². The van der Waals surface area contributed by atoms with Crippen LogP contribution in [0.2, 0.25) is 0 Å². The highest BCUT2D eigenvalue weighted by molar-refractivity contribution is 5.85. The third-order valence-corrected chi connectivity index (χ3v) is 2.40. The lowest BCUT2D eigenvalue weighted by Crippen LogP contribution is -2.26. The fraction of sp³-hybridized carbons (Fsp3) is 0.538. The summed E-state index contributed by atoms with van der Waals surface area (Å²) < 4.78 is 5.09. The van der Waals surface area contributed by atoms with Crippen LogP contribution in [0, 0.1) is 0 Å². The van der Waals surface area contributed by atoms with E-state index in [1.54, 1.807) is 7.11 Å². The van der Waals surface area contributed by atoms with E-state index in [2.05, 4.69) is 5.32 Å². The van der Waals surface area contributed by atoms with Crippen molar-refractivity contribution in [2.45, 2.75) is 32.4 Å². The minimum Gasteiger partial charge on any atom is -0.497 e. The molecule has 0 aromatic heterocycles. The van der Waals surface area contributed by atoms with E-state index in [-0.39, 0.29) is 12.4 Å². The van der Waals surface area contributed by atoms with Crippen LogP contribution in [0.25, 0.3) is 0 Å². The lowest BCUT2D eigenvalue weighted by atomic mass is 10.1. The molecule has 0 aliphatic carbocycles. The Morgan fingerprint density at radius 3 is 2.29 bits per heavy atom. The van der Waals surface area contributed by atoms with Crippen molar-refractivity contribution < 1.29 is 9.84 Å². The number of methoxy groups -OCH3 is 1. The van der Waals surface area contributed by atoms with E-state index in [0.717, 1.165) is 25.3 Å². The standard InChI is InChI=1S/C13H21NO2.ClH/c1-13(2,15)8-9-14-10-11-4-6-12(16-3)7-5-11;/h4-7,14-15H,8-10H2,1-3H3;1H. The molecule has 98 valence electrons. The first-order valence-electron chi connectivity index (χ1n) is 5.57. The SMILES string of the molecule is COc1ccc(CNCCC(C)(C)O)cc1.Cl. The topological polar surface area (TPSA) is 41.5 Å². The number of nitrogens with one attached hydrogen (secondary N) is 1. The number of hydrogen-bond donors (Lipinski definition) is 2. The van der Waals surface area contributed by atoms with Gasteiger partial charge in [-0.3, -0.25) is 0 Å². The zero-order valence-electron chi connectivity index (χ0n) is 10.7. The number of halogens is 1. The summed E-state index contributed by atoms with van der Waals surface area (Å²) in [5.41, 5.74) is 0.629. The molecular weight excluding hydrogens is 238 g/mol. The van der Waals surface area contributed by atoms with Gasteiger partial charge in [-0.05, 0) is 44.5 Å². The van der Waals surface area contributed by atoms with Gasteiger partial charge in [-0.1, -0.05) is 12.1 Å². The first kappa shape index (κ1) is 16.2. The molecule has 0 saturated carbocycles. The van der Waals surface area contributed by atoms with Crippen molar-refractivity contribution in [1.29, 1.82) is 0 Å². The molecule has 0 radical (unpaired) electrons. The quantitative estimate of drug-likeness (QED) is 0.771. The molecule has 0 aliphatic rings. The highest BCUT2D eigenvalue weighted by Crippen LogP contribution is 2.11. The average Bonchev–Trinajstić information content (AvgIpc) is 2.24. The van der Waals surface area contributed by atoms with Gasteiger partial charge in [0.05, 0.1) is 12.7 Å². The molecule has 2 N–H and O–H groups in total. The van der Waals surface area contributed by atoms with Gasteiger partial charge in [0.1, 0.15) is 5.75 Å². The summed E-state index contributed by atoms with van der Waals surface area (Å²) in [6, 6.07) is 7.98.